The second-order valence-corrected chi connectivity index (χ2v) is 13.9. The number of nitriles is 1. The molecule has 9 nitrogen and oxygen atoms in total. The molecule has 1 amide bonds. The number of fused-ring (bicyclic) bond motifs is 5. The van der Waals surface area contributed by atoms with Crippen molar-refractivity contribution >= 4 is 38.8 Å². The van der Waals surface area contributed by atoms with Crippen molar-refractivity contribution < 1.29 is 23.4 Å². The van der Waals surface area contributed by atoms with Crippen molar-refractivity contribution in [1.29, 1.82) is 5.26 Å². The van der Waals surface area contributed by atoms with Gasteiger partial charge in [0.1, 0.15) is 28.2 Å². The summed E-state index contributed by atoms with van der Waals surface area (Å²) in [4.78, 5) is 25.0. The number of ether oxygens (including phenoxy) is 3. The first-order chi connectivity index (χ1) is 23.0. The SMILES string of the molecule is CCc1nc2c(C)nc3c(F)c(-c4cc(OCOC)cc5ccccc45)c(CCC#N)cc3c2n1C1C2CC1N(C(=O)OC(C)(C)C)C2. The molecular formula is C38H40FN5O4. The Morgan fingerprint density at radius 2 is 1.92 bits per heavy atom. The molecule has 10 heteroatoms. The van der Waals surface area contributed by atoms with E-state index in [0.717, 1.165) is 34.1 Å². The molecule has 4 heterocycles. The van der Waals surface area contributed by atoms with E-state index in [1.165, 1.54) is 0 Å². The number of pyridine rings is 1. The molecule has 0 spiro atoms. The molecule has 5 aromatic rings. The molecule has 3 aromatic carbocycles. The number of carbonyl (C=O) groups is 1. The van der Waals surface area contributed by atoms with E-state index in [2.05, 4.69) is 17.6 Å². The van der Waals surface area contributed by atoms with Gasteiger partial charge in [-0.3, -0.25) is 0 Å². The zero-order chi connectivity index (χ0) is 33.9. The Hall–Kier alpha value is -4.75. The molecule has 3 atom stereocenters. The summed E-state index contributed by atoms with van der Waals surface area (Å²) >= 11 is 0. The predicted molar refractivity (Wildman–Crippen MR) is 182 cm³/mol. The molecule has 2 bridgehead atoms. The fraction of sp³-hybridized carbons (Fsp3) is 0.421. The molecule has 2 saturated heterocycles. The van der Waals surface area contributed by atoms with Crippen LogP contribution < -0.4 is 4.74 Å². The zero-order valence-electron chi connectivity index (χ0n) is 28.3. The van der Waals surface area contributed by atoms with Crippen molar-refractivity contribution in [2.45, 2.75) is 78.0 Å². The number of halogens is 1. The van der Waals surface area contributed by atoms with Crippen molar-refractivity contribution in [1.82, 2.24) is 19.4 Å². The number of methoxy groups -OCH3 is 1. The summed E-state index contributed by atoms with van der Waals surface area (Å²) in [6.45, 7) is 10.2. The Kier molecular flexibility index (Phi) is 7.99. The van der Waals surface area contributed by atoms with E-state index in [-0.39, 0.29) is 42.8 Å². The first-order valence-electron chi connectivity index (χ1n) is 16.6. The number of amides is 1. The van der Waals surface area contributed by atoms with Crippen LogP contribution in [0.3, 0.4) is 0 Å². The summed E-state index contributed by atoms with van der Waals surface area (Å²) in [6, 6.07) is 15.8. The number of hydrogen-bond donors (Lipinski definition) is 0. The zero-order valence-corrected chi connectivity index (χ0v) is 28.3. The molecule has 3 unspecified atom stereocenters. The summed E-state index contributed by atoms with van der Waals surface area (Å²) < 4.78 is 36.4. The molecule has 1 saturated carbocycles. The molecule has 2 aromatic heterocycles. The van der Waals surface area contributed by atoms with Crippen LogP contribution in [0.15, 0.2) is 42.5 Å². The highest BCUT2D eigenvalue weighted by Crippen LogP contribution is 2.52. The first kappa shape index (κ1) is 31.8. The maximum Gasteiger partial charge on any atom is 0.410 e. The predicted octanol–water partition coefficient (Wildman–Crippen LogP) is 8.03. The van der Waals surface area contributed by atoms with Crippen LogP contribution >= 0.6 is 0 Å². The Balaban J connectivity index is 1.46. The number of hydrogen-bond acceptors (Lipinski definition) is 7. The molecule has 8 rings (SSSR count). The quantitative estimate of drug-likeness (QED) is 0.157. The Labute approximate surface area is 279 Å². The Morgan fingerprint density at radius 3 is 2.65 bits per heavy atom. The van der Waals surface area contributed by atoms with E-state index in [4.69, 9.17) is 24.2 Å². The number of carbonyl (C=O) groups excluding carboxylic acids is 1. The number of rotatable bonds is 8. The minimum absolute atomic E-state index is 0.00803. The third kappa shape index (κ3) is 5.21. The molecule has 48 heavy (non-hydrogen) atoms. The van der Waals surface area contributed by atoms with Gasteiger partial charge in [-0.05, 0) is 80.6 Å². The van der Waals surface area contributed by atoms with Gasteiger partial charge >= 0.3 is 6.09 Å². The van der Waals surface area contributed by atoms with E-state index >= 15 is 4.39 Å². The number of benzene rings is 3. The van der Waals surface area contributed by atoms with Gasteiger partial charge in [0.15, 0.2) is 12.6 Å². The highest BCUT2D eigenvalue weighted by Gasteiger charge is 2.56. The fourth-order valence-corrected chi connectivity index (χ4v) is 7.64. The summed E-state index contributed by atoms with van der Waals surface area (Å²) in [5, 5.41) is 12.1. The molecule has 3 fully saturated rings. The molecule has 248 valence electrons. The normalized spacial score (nSPS) is 18.8. The van der Waals surface area contributed by atoms with Gasteiger partial charge in [-0.1, -0.05) is 31.2 Å². The number of aromatic nitrogens is 3. The lowest BCUT2D eigenvalue weighted by Gasteiger charge is -2.39. The van der Waals surface area contributed by atoms with E-state index in [1.54, 1.807) is 7.11 Å². The number of nitrogens with zero attached hydrogens (tertiary/aromatic N) is 5. The smallest absolute Gasteiger partial charge is 0.410 e. The summed E-state index contributed by atoms with van der Waals surface area (Å²) in [7, 11) is 1.55. The van der Waals surface area contributed by atoms with Crippen LogP contribution in [0, 0.1) is 30.0 Å². The van der Waals surface area contributed by atoms with Gasteiger partial charge < -0.3 is 23.7 Å². The van der Waals surface area contributed by atoms with Gasteiger partial charge in [-0.15, -0.1) is 0 Å². The lowest BCUT2D eigenvalue weighted by Crippen LogP contribution is -2.44. The second kappa shape index (κ2) is 12.0. The lowest BCUT2D eigenvalue weighted by atomic mass is 9.79. The number of aryl methyl sites for hydroxylation is 3. The summed E-state index contributed by atoms with van der Waals surface area (Å²) in [6.07, 6.45) is 1.81. The monoisotopic (exact) mass is 649 g/mol. The second-order valence-electron chi connectivity index (χ2n) is 13.9. The van der Waals surface area contributed by atoms with Crippen molar-refractivity contribution in [3.63, 3.8) is 0 Å². The lowest BCUT2D eigenvalue weighted by molar-refractivity contribution is 0.0209. The van der Waals surface area contributed by atoms with Crippen molar-refractivity contribution in [3.05, 3.63) is 65.4 Å². The first-order valence-corrected chi connectivity index (χ1v) is 16.6. The van der Waals surface area contributed by atoms with E-state index in [1.807, 2.05) is 75.1 Å². The topological polar surface area (TPSA) is 103 Å². The molecule has 0 radical (unpaired) electrons. The Morgan fingerprint density at radius 1 is 1.12 bits per heavy atom. The maximum absolute atomic E-state index is 17.4. The van der Waals surface area contributed by atoms with Crippen LogP contribution in [-0.2, 0) is 22.3 Å². The van der Waals surface area contributed by atoms with Crippen LogP contribution in [0.2, 0.25) is 0 Å². The van der Waals surface area contributed by atoms with Gasteiger partial charge in [0.05, 0.1) is 29.4 Å². The minimum atomic E-state index is -0.593. The summed E-state index contributed by atoms with van der Waals surface area (Å²) in [5.74, 6) is 1.22. The van der Waals surface area contributed by atoms with Gasteiger partial charge in [0, 0.05) is 43.4 Å². The largest absolute Gasteiger partial charge is 0.468 e. The average Bonchev–Trinajstić information content (AvgIpc) is 3.76. The number of imidazole rings is 1. The molecule has 1 aliphatic carbocycles. The standard InChI is InChI=1S/C38H40FN5O4/c1-7-30-42-33-21(2)41-34-28(36(33)44(30)35-24-17-29(35)43(19-24)37(45)48-38(3,4)5)16-23(12-10-14-40)31(32(34)39)27-18-25(47-20-46-6)15-22-11-8-9-13-26(22)27/h8-9,11,13,15-16,18,24,29,35H,7,10,12,17,19-20H2,1-6H3. The summed E-state index contributed by atoms with van der Waals surface area (Å²) in [5.41, 5.74) is 3.63. The highest BCUT2D eigenvalue weighted by molar-refractivity contribution is 6.08. The molecular weight excluding hydrogens is 609 g/mol. The minimum Gasteiger partial charge on any atom is -0.468 e. The van der Waals surface area contributed by atoms with Gasteiger partial charge in [0.2, 0.25) is 0 Å². The fourth-order valence-electron chi connectivity index (χ4n) is 7.64. The Bertz CT molecular complexity index is 2130. The van der Waals surface area contributed by atoms with Crippen LogP contribution in [0.25, 0.3) is 43.8 Å². The molecule has 3 aliphatic rings. The van der Waals surface area contributed by atoms with Crippen LogP contribution in [0.5, 0.6) is 5.75 Å². The molecule has 2 aliphatic heterocycles. The van der Waals surface area contributed by atoms with E-state index in [9.17, 15) is 10.1 Å². The van der Waals surface area contributed by atoms with Gasteiger partial charge in [0.25, 0.3) is 0 Å². The third-order valence-corrected chi connectivity index (χ3v) is 9.63. The van der Waals surface area contributed by atoms with E-state index < -0.39 is 11.4 Å². The van der Waals surface area contributed by atoms with Crippen LogP contribution in [0.4, 0.5) is 9.18 Å². The maximum atomic E-state index is 17.4. The van der Waals surface area contributed by atoms with Crippen LogP contribution in [-0.4, -0.2) is 57.6 Å². The van der Waals surface area contributed by atoms with Crippen molar-refractivity contribution in [2.75, 3.05) is 20.4 Å². The average molecular weight is 650 g/mol. The van der Waals surface area contributed by atoms with Gasteiger partial charge in [-0.25, -0.2) is 19.2 Å². The van der Waals surface area contributed by atoms with E-state index in [0.29, 0.717) is 52.9 Å². The van der Waals surface area contributed by atoms with Crippen molar-refractivity contribution in [3.8, 4) is 22.9 Å². The van der Waals surface area contributed by atoms with Crippen molar-refractivity contribution in [2.24, 2.45) is 5.92 Å². The van der Waals surface area contributed by atoms with Crippen LogP contribution in [0.1, 0.15) is 63.7 Å². The van der Waals surface area contributed by atoms with Gasteiger partial charge in [-0.2, -0.15) is 5.26 Å². The molecule has 0 N–H and O–H groups in total. The highest BCUT2D eigenvalue weighted by atomic mass is 19.1. The third-order valence-electron chi connectivity index (χ3n) is 9.63.